The van der Waals surface area contributed by atoms with E-state index < -0.39 is 5.97 Å². The molecule has 2 N–H and O–H groups in total. The van der Waals surface area contributed by atoms with Gasteiger partial charge in [-0.05, 0) is 31.9 Å². The number of nitrogens with zero attached hydrogens (tertiary/aromatic N) is 3. The van der Waals surface area contributed by atoms with Gasteiger partial charge in [0.15, 0.2) is 5.65 Å². The summed E-state index contributed by atoms with van der Waals surface area (Å²) in [5.74, 6) is -0.0413. The van der Waals surface area contributed by atoms with Crippen molar-refractivity contribution in [1.29, 1.82) is 0 Å². The van der Waals surface area contributed by atoms with Gasteiger partial charge in [0.2, 0.25) is 0 Å². The molecule has 138 valence electrons. The first-order chi connectivity index (χ1) is 12.6. The maximum atomic E-state index is 12.7. The number of esters is 1. The first-order valence-electron chi connectivity index (χ1n) is 9.31. The van der Waals surface area contributed by atoms with E-state index in [1.54, 1.807) is 0 Å². The zero-order chi connectivity index (χ0) is 18.7. The second kappa shape index (κ2) is 7.72. The van der Waals surface area contributed by atoms with Crippen molar-refractivity contribution in [3.8, 4) is 0 Å². The van der Waals surface area contributed by atoms with Gasteiger partial charge in [0.05, 0.1) is 17.6 Å². The Bertz CT molecular complexity index is 932. The van der Waals surface area contributed by atoms with Crippen molar-refractivity contribution in [2.24, 2.45) is 0 Å². The van der Waals surface area contributed by atoms with E-state index in [2.05, 4.69) is 25.8 Å². The summed E-state index contributed by atoms with van der Waals surface area (Å²) in [5.41, 5.74) is 9.37. The summed E-state index contributed by atoms with van der Waals surface area (Å²) in [6.45, 7) is 6.64. The molecule has 3 rings (SSSR count). The lowest BCUT2D eigenvalue weighted by atomic mass is 10.2. The first-order valence-corrected chi connectivity index (χ1v) is 9.31. The number of nitrogen functional groups attached to an aromatic ring is 1. The Kier molecular flexibility index (Phi) is 5.40. The number of aromatic nitrogens is 3. The number of rotatable bonds is 7. The molecule has 0 radical (unpaired) electrons. The molecule has 2 aromatic heterocycles. The SMILES string of the molecule is CCCCCOC(=O)c1c(N)n([C@H](C)CC)c2nc3ccccc3nc12. The van der Waals surface area contributed by atoms with Gasteiger partial charge in [-0.3, -0.25) is 0 Å². The number of carbonyl (C=O) groups excluding carboxylic acids is 1. The molecule has 0 aliphatic rings. The number of hydrogen-bond acceptors (Lipinski definition) is 5. The molecule has 0 saturated carbocycles. The number of benzene rings is 1. The monoisotopic (exact) mass is 354 g/mol. The molecule has 1 atom stereocenters. The van der Waals surface area contributed by atoms with Gasteiger partial charge in [0.25, 0.3) is 0 Å². The van der Waals surface area contributed by atoms with E-state index >= 15 is 0 Å². The Hall–Kier alpha value is -2.63. The highest BCUT2D eigenvalue weighted by Gasteiger charge is 2.26. The summed E-state index contributed by atoms with van der Waals surface area (Å²) in [5, 5.41) is 0. The van der Waals surface area contributed by atoms with Gasteiger partial charge in [-0.25, -0.2) is 14.8 Å². The van der Waals surface area contributed by atoms with Crippen molar-refractivity contribution in [2.75, 3.05) is 12.3 Å². The van der Waals surface area contributed by atoms with Gasteiger partial charge in [-0.15, -0.1) is 0 Å². The number of nitrogens with two attached hydrogens (primary N) is 1. The van der Waals surface area contributed by atoms with Crippen molar-refractivity contribution in [2.45, 2.75) is 52.5 Å². The molecule has 0 aliphatic carbocycles. The minimum Gasteiger partial charge on any atom is -0.462 e. The van der Waals surface area contributed by atoms with Gasteiger partial charge in [0, 0.05) is 6.04 Å². The zero-order valence-corrected chi connectivity index (χ0v) is 15.7. The third kappa shape index (κ3) is 3.23. The minimum absolute atomic E-state index is 0.106. The molecule has 6 nitrogen and oxygen atoms in total. The van der Waals surface area contributed by atoms with Crippen molar-refractivity contribution in [3.63, 3.8) is 0 Å². The lowest BCUT2D eigenvalue weighted by Gasteiger charge is -2.14. The molecule has 26 heavy (non-hydrogen) atoms. The topological polar surface area (TPSA) is 83.0 Å². The van der Waals surface area contributed by atoms with E-state index in [4.69, 9.17) is 15.5 Å². The maximum absolute atomic E-state index is 12.7. The molecule has 0 aliphatic heterocycles. The highest BCUT2D eigenvalue weighted by molar-refractivity contribution is 6.08. The summed E-state index contributed by atoms with van der Waals surface area (Å²) >= 11 is 0. The predicted molar refractivity (Wildman–Crippen MR) is 104 cm³/mol. The Labute approximate surface area is 153 Å². The Balaban J connectivity index is 2.13. The van der Waals surface area contributed by atoms with Gasteiger partial charge in [-0.2, -0.15) is 0 Å². The molecular weight excluding hydrogens is 328 g/mol. The van der Waals surface area contributed by atoms with Crippen molar-refractivity contribution < 1.29 is 9.53 Å². The van der Waals surface area contributed by atoms with Crippen LogP contribution < -0.4 is 5.73 Å². The average Bonchev–Trinajstić information content (AvgIpc) is 2.93. The number of unbranched alkanes of at least 4 members (excludes halogenated alkanes) is 2. The number of anilines is 1. The van der Waals surface area contributed by atoms with Crippen LogP contribution in [0, 0.1) is 0 Å². The first kappa shape index (κ1) is 18.2. The number of para-hydroxylation sites is 2. The zero-order valence-electron chi connectivity index (χ0n) is 15.7. The summed E-state index contributed by atoms with van der Waals surface area (Å²) in [7, 11) is 0. The molecule has 0 amide bonds. The fourth-order valence-corrected chi connectivity index (χ4v) is 3.10. The van der Waals surface area contributed by atoms with Crippen LogP contribution in [0.3, 0.4) is 0 Å². The van der Waals surface area contributed by atoms with E-state index in [0.717, 1.165) is 36.7 Å². The minimum atomic E-state index is -0.421. The number of hydrogen-bond donors (Lipinski definition) is 1. The van der Waals surface area contributed by atoms with Crippen LogP contribution in [0.15, 0.2) is 24.3 Å². The number of ether oxygens (including phenoxy) is 1. The van der Waals surface area contributed by atoms with E-state index in [-0.39, 0.29) is 6.04 Å². The molecule has 0 unspecified atom stereocenters. The summed E-state index contributed by atoms with van der Waals surface area (Å²) in [6, 6.07) is 7.73. The van der Waals surface area contributed by atoms with Gasteiger partial charge in [0.1, 0.15) is 16.9 Å². The van der Waals surface area contributed by atoms with Crippen LogP contribution in [0.25, 0.3) is 22.2 Å². The van der Waals surface area contributed by atoms with Gasteiger partial charge in [-0.1, -0.05) is 38.8 Å². The lowest BCUT2D eigenvalue weighted by molar-refractivity contribution is 0.0501. The highest BCUT2D eigenvalue weighted by atomic mass is 16.5. The van der Waals surface area contributed by atoms with E-state index in [0.29, 0.717) is 29.2 Å². The molecule has 6 heteroatoms. The third-order valence-corrected chi connectivity index (χ3v) is 4.75. The fourth-order valence-electron chi connectivity index (χ4n) is 3.10. The van der Waals surface area contributed by atoms with E-state index in [9.17, 15) is 4.79 Å². The number of fused-ring (bicyclic) bond motifs is 2. The largest absolute Gasteiger partial charge is 0.462 e. The van der Waals surface area contributed by atoms with Gasteiger partial charge < -0.3 is 15.0 Å². The van der Waals surface area contributed by atoms with Crippen molar-refractivity contribution >= 4 is 34.0 Å². The molecule has 0 saturated heterocycles. The summed E-state index contributed by atoms with van der Waals surface area (Å²) < 4.78 is 7.36. The molecular formula is C20H26N4O2. The second-order valence-electron chi connectivity index (χ2n) is 6.62. The maximum Gasteiger partial charge on any atom is 0.344 e. The molecule has 0 fully saturated rings. The molecule has 0 spiro atoms. The van der Waals surface area contributed by atoms with Crippen LogP contribution in [0.1, 0.15) is 62.9 Å². The number of carbonyl (C=O) groups is 1. The molecule has 2 heterocycles. The summed E-state index contributed by atoms with van der Waals surface area (Å²) in [4.78, 5) is 22.1. The van der Waals surface area contributed by atoms with E-state index in [1.165, 1.54) is 0 Å². The van der Waals surface area contributed by atoms with Gasteiger partial charge >= 0.3 is 5.97 Å². The fraction of sp³-hybridized carbons (Fsp3) is 0.450. The van der Waals surface area contributed by atoms with Crippen LogP contribution in [0.2, 0.25) is 0 Å². The normalized spacial score (nSPS) is 12.6. The van der Waals surface area contributed by atoms with Crippen molar-refractivity contribution in [3.05, 3.63) is 29.8 Å². The smallest absolute Gasteiger partial charge is 0.344 e. The van der Waals surface area contributed by atoms with Crippen LogP contribution in [0.5, 0.6) is 0 Å². The second-order valence-corrected chi connectivity index (χ2v) is 6.62. The predicted octanol–water partition coefficient (Wildman–Crippen LogP) is 4.48. The van der Waals surface area contributed by atoms with Crippen LogP contribution >= 0.6 is 0 Å². The Morgan fingerprint density at radius 2 is 1.88 bits per heavy atom. The Morgan fingerprint density at radius 3 is 2.54 bits per heavy atom. The Morgan fingerprint density at radius 1 is 1.19 bits per heavy atom. The van der Waals surface area contributed by atoms with Crippen molar-refractivity contribution in [1.82, 2.24) is 14.5 Å². The van der Waals surface area contributed by atoms with Crippen LogP contribution in [-0.4, -0.2) is 27.1 Å². The quantitative estimate of drug-likeness (QED) is 0.499. The molecule has 0 bridgehead atoms. The molecule has 3 aromatic rings. The highest BCUT2D eigenvalue weighted by Crippen LogP contribution is 2.32. The average molecular weight is 354 g/mol. The van der Waals surface area contributed by atoms with Crippen LogP contribution in [-0.2, 0) is 4.74 Å². The summed E-state index contributed by atoms with van der Waals surface area (Å²) in [6.07, 6.45) is 3.82. The van der Waals surface area contributed by atoms with Crippen LogP contribution in [0.4, 0.5) is 5.82 Å². The third-order valence-electron chi connectivity index (χ3n) is 4.75. The molecule has 1 aromatic carbocycles. The standard InChI is InChI=1S/C20H26N4O2/c1-4-6-9-12-26-20(25)16-17-19(24(18(16)21)13(3)5-2)23-15-11-8-7-10-14(15)22-17/h7-8,10-11,13H,4-6,9,12,21H2,1-3H3/t13-/m1/s1. The van der Waals surface area contributed by atoms with E-state index in [1.807, 2.05) is 28.8 Å². The lowest BCUT2D eigenvalue weighted by Crippen LogP contribution is -2.12.